The third kappa shape index (κ3) is 9.43. The van der Waals surface area contributed by atoms with Gasteiger partial charge < -0.3 is 0 Å². The maximum atomic E-state index is 11.2. The largest absolute Gasteiger partial charge is 0.298 e. The van der Waals surface area contributed by atoms with Crippen molar-refractivity contribution in [3.63, 3.8) is 0 Å². The molecule has 0 amide bonds. The number of Topliss-reactive ketones (excluding diaryl/α,β-unsaturated/α-hetero) is 1. The van der Waals surface area contributed by atoms with Crippen LogP contribution in [0.25, 0.3) is 0 Å². The molecule has 2 heteroatoms. The molecular weight excluding hydrogens is 272 g/mol. The number of hydrogen-bond donors (Lipinski definition) is 0. The zero-order valence-corrected chi connectivity index (χ0v) is 13.4. The van der Waals surface area contributed by atoms with Crippen LogP contribution < -0.4 is 0 Å². The molecule has 0 fully saturated rings. The van der Waals surface area contributed by atoms with Crippen LogP contribution in [-0.4, -0.2) is 12.1 Å². The van der Waals surface area contributed by atoms with E-state index >= 15 is 0 Å². The molecule has 0 aliphatic heterocycles. The fraction of sp³-hybridized carbons (Fsp3) is 0.200. The first-order valence-electron chi connectivity index (χ1n) is 7.35. The summed E-state index contributed by atoms with van der Waals surface area (Å²) >= 11 is 0. The lowest BCUT2D eigenvalue weighted by Gasteiger charge is -1.96. The SMILES string of the molecule is C=CC.CCCC(=O)c1ccccc1.O=Cc1ccccc1. The van der Waals surface area contributed by atoms with E-state index in [9.17, 15) is 9.59 Å². The Morgan fingerprint density at radius 3 is 1.82 bits per heavy atom. The van der Waals surface area contributed by atoms with Crippen molar-refractivity contribution < 1.29 is 9.59 Å². The maximum Gasteiger partial charge on any atom is 0.162 e. The van der Waals surface area contributed by atoms with Crippen LogP contribution in [0.15, 0.2) is 73.3 Å². The average molecular weight is 296 g/mol. The van der Waals surface area contributed by atoms with Crippen molar-refractivity contribution in [2.24, 2.45) is 0 Å². The molecule has 0 atom stereocenters. The lowest BCUT2D eigenvalue weighted by molar-refractivity contribution is 0.0981. The first kappa shape index (κ1) is 19.5. The molecule has 0 N–H and O–H groups in total. The van der Waals surface area contributed by atoms with Gasteiger partial charge in [0.2, 0.25) is 0 Å². The summed E-state index contributed by atoms with van der Waals surface area (Å²) in [6.07, 6.45) is 4.16. The van der Waals surface area contributed by atoms with Gasteiger partial charge in [-0.2, -0.15) is 0 Å². The topological polar surface area (TPSA) is 34.1 Å². The highest BCUT2D eigenvalue weighted by molar-refractivity contribution is 5.95. The van der Waals surface area contributed by atoms with Gasteiger partial charge in [-0.05, 0) is 13.3 Å². The van der Waals surface area contributed by atoms with E-state index in [0.717, 1.165) is 23.8 Å². The van der Waals surface area contributed by atoms with Gasteiger partial charge in [0.25, 0.3) is 0 Å². The minimum Gasteiger partial charge on any atom is -0.298 e. The molecule has 0 aromatic heterocycles. The third-order valence-corrected chi connectivity index (χ3v) is 2.51. The van der Waals surface area contributed by atoms with E-state index in [1.165, 1.54) is 0 Å². The van der Waals surface area contributed by atoms with E-state index in [2.05, 4.69) is 6.58 Å². The molecule has 2 nitrogen and oxygen atoms in total. The Kier molecular flexibility index (Phi) is 12.0. The van der Waals surface area contributed by atoms with E-state index in [4.69, 9.17) is 0 Å². The second-order valence-electron chi connectivity index (χ2n) is 4.48. The number of carbonyl (C=O) groups excluding carboxylic acids is 2. The smallest absolute Gasteiger partial charge is 0.162 e. The summed E-state index contributed by atoms with van der Waals surface area (Å²) in [7, 11) is 0. The van der Waals surface area contributed by atoms with Crippen molar-refractivity contribution in [3.05, 3.63) is 84.4 Å². The van der Waals surface area contributed by atoms with Crippen molar-refractivity contribution >= 4 is 12.1 Å². The molecule has 0 heterocycles. The van der Waals surface area contributed by atoms with Crippen LogP contribution in [0.4, 0.5) is 0 Å². The number of carbonyl (C=O) groups is 2. The van der Waals surface area contributed by atoms with Crippen LogP contribution >= 0.6 is 0 Å². The highest BCUT2D eigenvalue weighted by Crippen LogP contribution is 2.03. The molecule has 0 spiro atoms. The zero-order valence-electron chi connectivity index (χ0n) is 13.4. The maximum absolute atomic E-state index is 11.2. The Bertz CT molecular complexity index is 530. The van der Waals surface area contributed by atoms with Gasteiger partial charge in [-0.25, -0.2) is 0 Å². The molecule has 0 saturated heterocycles. The Balaban J connectivity index is 0.000000352. The molecule has 0 aliphatic rings. The van der Waals surface area contributed by atoms with Crippen molar-refractivity contribution in [1.82, 2.24) is 0 Å². The Hall–Kier alpha value is -2.48. The molecule has 2 aromatic carbocycles. The number of ketones is 1. The molecular formula is C20H24O2. The van der Waals surface area contributed by atoms with E-state index < -0.39 is 0 Å². The number of benzene rings is 2. The second kappa shape index (κ2) is 13.5. The standard InChI is InChI=1S/C10H12O.C7H6O.C3H6/c1-2-6-10(11)9-7-4-3-5-8-9;8-6-7-4-2-1-3-5-7;1-3-2/h3-5,7-8H,2,6H2,1H3;1-6H;3H,1H2,2H3. The Morgan fingerprint density at radius 2 is 1.45 bits per heavy atom. The van der Waals surface area contributed by atoms with Crippen molar-refractivity contribution in [3.8, 4) is 0 Å². The molecule has 116 valence electrons. The van der Waals surface area contributed by atoms with Gasteiger partial charge in [-0.3, -0.25) is 9.59 Å². The van der Waals surface area contributed by atoms with E-state index in [1.54, 1.807) is 18.2 Å². The molecule has 0 unspecified atom stereocenters. The summed E-state index contributed by atoms with van der Waals surface area (Å²) < 4.78 is 0. The summed E-state index contributed by atoms with van der Waals surface area (Å²) in [5, 5.41) is 0. The lowest BCUT2D eigenvalue weighted by atomic mass is 10.1. The molecule has 2 rings (SSSR count). The Morgan fingerprint density at radius 1 is 1.00 bits per heavy atom. The predicted molar refractivity (Wildman–Crippen MR) is 93.4 cm³/mol. The number of hydrogen-bond acceptors (Lipinski definition) is 2. The summed E-state index contributed by atoms with van der Waals surface area (Å²) in [6.45, 7) is 7.26. The number of allylic oxidation sites excluding steroid dienone is 1. The average Bonchev–Trinajstić information content (AvgIpc) is 2.58. The van der Waals surface area contributed by atoms with Gasteiger partial charge in [-0.15, -0.1) is 6.58 Å². The van der Waals surface area contributed by atoms with Gasteiger partial charge in [0.15, 0.2) is 5.78 Å². The third-order valence-electron chi connectivity index (χ3n) is 2.51. The zero-order chi connectivity index (χ0) is 16.6. The molecule has 0 aliphatic carbocycles. The van der Waals surface area contributed by atoms with Gasteiger partial charge >= 0.3 is 0 Å². The van der Waals surface area contributed by atoms with E-state index in [-0.39, 0.29) is 5.78 Å². The lowest BCUT2D eigenvalue weighted by Crippen LogP contribution is -1.96. The minimum atomic E-state index is 0.244. The molecule has 2 aromatic rings. The van der Waals surface area contributed by atoms with Crippen LogP contribution in [0, 0.1) is 0 Å². The van der Waals surface area contributed by atoms with E-state index in [0.29, 0.717) is 6.42 Å². The van der Waals surface area contributed by atoms with Crippen LogP contribution in [-0.2, 0) is 0 Å². The summed E-state index contributed by atoms with van der Waals surface area (Å²) in [5.74, 6) is 0.244. The van der Waals surface area contributed by atoms with Gasteiger partial charge in [0.05, 0.1) is 0 Å². The van der Waals surface area contributed by atoms with Crippen molar-refractivity contribution in [1.29, 1.82) is 0 Å². The summed E-state index contributed by atoms with van der Waals surface area (Å²) in [4.78, 5) is 21.3. The minimum absolute atomic E-state index is 0.244. The quantitative estimate of drug-likeness (QED) is 0.432. The van der Waals surface area contributed by atoms with Crippen LogP contribution in [0.1, 0.15) is 47.4 Å². The monoisotopic (exact) mass is 296 g/mol. The summed E-state index contributed by atoms with van der Waals surface area (Å²) in [6, 6.07) is 18.5. The van der Waals surface area contributed by atoms with Gasteiger partial charge in [-0.1, -0.05) is 73.7 Å². The van der Waals surface area contributed by atoms with Crippen molar-refractivity contribution in [2.45, 2.75) is 26.7 Å². The highest BCUT2D eigenvalue weighted by atomic mass is 16.1. The predicted octanol–water partition coefficient (Wildman–Crippen LogP) is 5.36. The molecule has 0 radical (unpaired) electrons. The van der Waals surface area contributed by atoms with E-state index in [1.807, 2.05) is 62.4 Å². The second-order valence-corrected chi connectivity index (χ2v) is 4.48. The van der Waals surface area contributed by atoms with Gasteiger partial charge in [0.1, 0.15) is 6.29 Å². The normalized spacial score (nSPS) is 8.45. The number of aldehydes is 1. The first-order valence-corrected chi connectivity index (χ1v) is 7.35. The highest BCUT2D eigenvalue weighted by Gasteiger charge is 2.01. The van der Waals surface area contributed by atoms with Crippen LogP contribution in [0.2, 0.25) is 0 Å². The Labute approximate surface area is 133 Å². The number of rotatable bonds is 4. The first-order chi connectivity index (χ1) is 10.7. The fourth-order valence-electron chi connectivity index (χ4n) is 1.53. The van der Waals surface area contributed by atoms with Crippen molar-refractivity contribution in [2.75, 3.05) is 0 Å². The molecule has 0 bridgehead atoms. The summed E-state index contributed by atoms with van der Waals surface area (Å²) in [5.41, 5.74) is 1.56. The molecule has 22 heavy (non-hydrogen) atoms. The van der Waals surface area contributed by atoms with Crippen LogP contribution in [0.3, 0.4) is 0 Å². The van der Waals surface area contributed by atoms with Gasteiger partial charge in [0, 0.05) is 17.5 Å². The fourth-order valence-corrected chi connectivity index (χ4v) is 1.53. The molecule has 0 saturated carbocycles. The van der Waals surface area contributed by atoms with Crippen LogP contribution in [0.5, 0.6) is 0 Å².